The first-order chi connectivity index (χ1) is 11.7. The van der Waals surface area contributed by atoms with E-state index in [4.69, 9.17) is 14.2 Å². The van der Waals surface area contributed by atoms with Gasteiger partial charge in [-0.15, -0.1) is 0 Å². The fourth-order valence-corrected chi connectivity index (χ4v) is 2.05. The maximum atomic E-state index is 11.4. The van der Waals surface area contributed by atoms with Crippen molar-refractivity contribution in [3.8, 4) is 11.5 Å². The Kier molecular flexibility index (Phi) is 6.91. The third-order valence-electron chi connectivity index (χ3n) is 3.18. The number of ether oxygens (including phenoxy) is 3. The molecule has 2 rings (SSSR count). The first-order valence-corrected chi connectivity index (χ1v) is 7.72. The lowest BCUT2D eigenvalue weighted by molar-refractivity contribution is -0.145. The summed E-state index contributed by atoms with van der Waals surface area (Å²) in [4.78, 5) is 11.4. The zero-order valence-electron chi connectivity index (χ0n) is 13.9. The second-order valence-corrected chi connectivity index (χ2v) is 4.92. The van der Waals surface area contributed by atoms with E-state index in [1.807, 2.05) is 42.5 Å². The van der Waals surface area contributed by atoms with E-state index < -0.39 is 5.97 Å². The van der Waals surface area contributed by atoms with Gasteiger partial charge in [-0.05, 0) is 36.8 Å². The average molecular weight is 330 g/mol. The number of rotatable bonds is 9. The van der Waals surface area contributed by atoms with Gasteiger partial charge in [-0.2, -0.15) is 0 Å². The van der Waals surface area contributed by atoms with Crippen molar-refractivity contribution in [1.29, 1.82) is 0 Å². The molecule has 0 spiro atoms. The maximum Gasteiger partial charge on any atom is 0.344 e. The van der Waals surface area contributed by atoms with Gasteiger partial charge in [0.05, 0.1) is 13.7 Å². The zero-order valence-corrected chi connectivity index (χ0v) is 13.9. The molecule has 0 aliphatic carbocycles. The molecule has 2 aromatic carbocycles. The Morgan fingerprint density at radius 2 is 1.88 bits per heavy atom. The summed E-state index contributed by atoms with van der Waals surface area (Å²) in [5.41, 5.74) is 8.20. The van der Waals surface area contributed by atoms with Crippen LogP contribution in [0.15, 0.2) is 48.5 Å². The number of carbonyl (C=O) groups is 1. The number of carbonyl (C=O) groups excluding carboxylic acids is 1. The van der Waals surface area contributed by atoms with Crippen LogP contribution in [0.5, 0.6) is 11.5 Å². The molecule has 0 aliphatic heterocycles. The number of para-hydroxylation sites is 1. The van der Waals surface area contributed by atoms with Crippen LogP contribution >= 0.6 is 0 Å². The fraction of sp³-hybridized carbons (Fsp3) is 0.278. The van der Waals surface area contributed by atoms with E-state index in [2.05, 4.69) is 10.9 Å². The van der Waals surface area contributed by atoms with Gasteiger partial charge in [0.25, 0.3) is 0 Å². The normalized spacial score (nSPS) is 10.1. The molecule has 6 heteroatoms. The van der Waals surface area contributed by atoms with Gasteiger partial charge >= 0.3 is 5.97 Å². The monoisotopic (exact) mass is 330 g/mol. The lowest BCUT2D eigenvalue weighted by Gasteiger charge is -2.13. The Labute approximate surface area is 141 Å². The summed E-state index contributed by atoms with van der Waals surface area (Å²) in [5, 5.41) is 0. The van der Waals surface area contributed by atoms with Gasteiger partial charge in [-0.25, -0.2) is 10.2 Å². The maximum absolute atomic E-state index is 11.4. The number of esters is 1. The third kappa shape index (κ3) is 5.48. The molecular weight excluding hydrogens is 308 g/mol. The lowest BCUT2D eigenvalue weighted by atomic mass is 10.2. The van der Waals surface area contributed by atoms with E-state index in [-0.39, 0.29) is 6.61 Å². The van der Waals surface area contributed by atoms with Crippen LogP contribution < -0.4 is 20.3 Å². The summed E-state index contributed by atoms with van der Waals surface area (Å²) < 4.78 is 15.6. The number of hydrogen-bond donors (Lipinski definition) is 2. The summed E-state index contributed by atoms with van der Waals surface area (Å²) in [7, 11) is 1.56. The molecule has 0 aromatic heterocycles. The van der Waals surface area contributed by atoms with Crippen LogP contribution in [0.3, 0.4) is 0 Å². The van der Waals surface area contributed by atoms with E-state index in [0.717, 1.165) is 11.3 Å². The molecule has 6 nitrogen and oxygen atoms in total. The Morgan fingerprint density at radius 1 is 1.08 bits per heavy atom. The molecule has 0 atom stereocenters. The van der Waals surface area contributed by atoms with Crippen molar-refractivity contribution in [2.45, 2.75) is 13.5 Å². The first kappa shape index (κ1) is 17.6. The van der Waals surface area contributed by atoms with Gasteiger partial charge in [0, 0.05) is 12.2 Å². The molecule has 0 amide bonds. The summed E-state index contributed by atoms with van der Waals surface area (Å²) in [6.45, 7) is 2.51. The molecule has 2 aromatic rings. The molecular formula is C18H22N2O4. The van der Waals surface area contributed by atoms with Crippen LogP contribution in [0, 0.1) is 0 Å². The molecule has 0 heterocycles. The van der Waals surface area contributed by atoms with Crippen molar-refractivity contribution in [3.05, 3.63) is 54.1 Å². The molecule has 0 fully saturated rings. The molecule has 128 valence electrons. The van der Waals surface area contributed by atoms with Crippen molar-refractivity contribution >= 4 is 11.7 Å². The Bertz CT molecular complexity index is 647. The average Bonchev–Trinajstić information content (AvgIpc) is 2.61. The van der Waals surface area contributed by atoms with Gasteiger partial charge in [-0.1, -0.05) is 24.3 Å². The SMILES string of the molecule is CCOC(=O)COc1cc(CNNc2ccccc2)ccc1OC. The predicted molar refractivity (Wildman–Crippen MR) is 92.0 cm³/mol. The van der Waals surface area contributed by atoms with Crippen LogP contribution in [0.4, 0.5) is 5.69 Å². The van der Waals surface area contributed by atoms with Crippen molar-refractivity contribution in [2.24, 2.45) is 0 Å². The van der Waals surface area contributed by atoms with Gasteiger partial charge in [0.2, 0.25) is 0 Å². The fourth-order valence-electron chi connectivity index (χ4n) is 2.05. The topological polar surface area (TPSA) is 68.8 Å². The summed E-state index contributed by atoms with van der Waals surface area (Å²) in [5.74, 6) is 0.664. The summed E-state index contributed by atoms with van der Waals surface area (Å²) >= 11 is 0. The second-order valence-electron chi connectivity index (χ2n) is 4.92. The van der Waals surface area contributed by atoms with E-state index in [9.17, 15) is 4.79 Å². The third-order valence-corrected chi connectivity index (χ3v) is 3.18. The number of hydrazine groups is 1. The van der Waals surface area contributed by atoms with Crippen LogP contribution in [0.25, 0.3) is 0 Å². The van der Waals surface area contributed by atoms with E-state index in [1.165, 1.54) is 0 Å². The van der Waals surface area contributed by atoms with Crippen molar-refractivity contribution in [1.82, 2.24) is 5.43 Å². The summed E-state index contributed by atoms with van der Waals surface area (Å²) in [6, 6.07) is 15.4. The minimum Gasteiger partial charge on any atom is -0.493 e. The number of hydrogen-bond acceptors (Lipinski definition) is 6. The van der Waals surface area contributed by atoms with Crippen molar-refractivity contribution in [3.63, 3.8) is 0 Å². The highest BCUT2D eigenvalue weighted by Crippen LogP contribution is 2.28. The number of methoxy groups -OCH3 is 1. The number of anilines is 1. The van der Waals surface area contributed by atoms with Gasteiger partial charge in [-0.3, -0.25) is 0 Å². The Morgan fingerprint density at radius 3 is 2.58 bits per heavy atom. The van der Waals surface area contributed by atoms with Crippen molar-refractivity contribution in [2.75, 3.05) is 25.7 Å². The van der Waals surface area contributed by atoms with E-state index in [1.54, 1.807) is 20.1 Å². The van der Waals surface area contributed by atoms with Crippen molar-refractivity contribution < 1.29 is 19.0 Å². The quantitative estimate of drug-likeness (QED) is 0.544. The van der Waals surface area contributed by atoms with Gasteiger partial charge in [0.1, 0.15) is 0 Å². The van der Waals surface area contributed by atoms with E-state index in [0.29, 0.717) is 24.7 Å². The lowest BCUT2D eigenvalue weighted by Crippen LogP contribution is -2.21. The molecule has 0 saturated heterocycles. The number of nitrogens with one attached hydrogen (secondary N) is 2. The smallest absolute Gasteiger partial charge is 0.344 e. The molecule has 0 bridgehead atoms. The highest BCUT2D eigenvalue weighted by molar-refractivity contribution is 5.71. The Hall–Kier alpha value is -2.73. The number of benzene rings is 2. The highest BCUT2D eigenvalue weighted by Gasteiger charge is 2.09. The first-order valence-electron chi connectivity index (χ1n) is 7.72. The van der Waals surface area contributed by atoms with Crippen LogP contribution in [-0.4, -0.2) is 26.3 Å². The predicted octanol–water partition coefficient (Wildman–Crippen LogP) is 2.75. The molecule has 0 radical (unpaired) electrons. The van der Waals surface area contributed by atoms with Gasteiger partial charge < -0.3 is 19.6 Å². The standard InChI is InChI=1S/C18H22N2O4/c1-3-23-18(21)13-24-17-11-14(9-10-16(17)22-2)12-19-20-15-7-5-4-6-8-15/h4-11,19-20H,3,12-13H2,1-2H3. The largest absolute Gasteiger partial charge is 0.493 e. The van der Waals surface area contributed by atoms with E-state index >= 15 is 0 Å². The molecule has 0 saturated carbocycles. The highest BCUT2D eigenvalue weighted by atomic mass is 16.6. The van der Waals surface area contributed by atoms with Crippen LogP contribution in [0.2, 0.25) is 0 Å². The molecule has 24 heavy (non-hydrogen) atoms. The van der Waals surface area contributed by atoms with Crippen LogP contribution in [0.1, 0.15) is 12.5 Å². The molecule has 2 N–H and O–H groups in total. The molecule has 0 aliphatic rings. The Balaban J connectivity index is 1.93. The zero-order chi connectivity index (χ0) is 17.2. The van der Waals surface area contributed by atoms with Crippen LogP contribution in [-0.2, 0) is 16.1 Å². The molecule has 0 unspecified atom stereocenters. The minimum absolute atomic E-state index is 0.149. The van der Waals surface area contributed by atoms with Gasteiger partial charge in [0.15, 0.2) is 18.1 Å². The minimum atomic E-state index is -0.408. The summed E-state index contributed by atoms with van der Waals surface area (Å²) in [6.07, 6.45) is 0. The second kappa shape index (κ2) is 9.42.